The number of cyclic esters (lactones) is 1. The number of hydrogen-bond acceptors (Lipinski definition) is 7. The topological polar surface area (TPSA) is 107 Å². The number of methoxy groups -OCH3 is 1. The summed E-state index contributed by atoms with van der Waals surface area (Å²) in [6.07, 6.45) is 4.43. The van der Waals surface area contributed by atoms with Gasteiger partial charge >= 0.3 is 12.1 Å². The van der Waals surface area contributed by atoms with Crippen LogP contribution in [0.2, 0.25) is 0 Å². The first-order valence-corrected chi connectivity index (χ1v) is 13.6. The molecule has 210 valence electrons. The summed E-state index contributed by atoms with van der Waals surface area (Å²) in [7, 11) is 1.29. The van der Waals surface area contributed by atoms with Crippen LogP contribution in [0.15, 0.2) is 53.7 Å². The molecule has 9 nitrogen and oxygen atoms in total. The maximum atomic E-state index is 13.8. The number of oxime groups is 1. The Morgan fingerprint density at radius 3 is 2.58 bits per heavy atom. The molecule has 5 rings (SSSR count). The fraction of sp³-hybridized carbons (Fsp3) is 0.419. The van der Waals surface area contributed by atoms with Gasteiger partial charge in [0.05, 0.1) is 20.3 Å². The number of benzene rings is 2. The van der Waals surface area contributed by atoms with Gasteiger partial charge in [0, 0.05) is 17.5 Å². The van der Waals surface area contributed by atoms with E-state index in [9.17, 15) is 14.4 Å². The van der Waals surface area contributed by atoms with Gasteiger partial charge in [0.1, 0.15) is 23.9 Å². The van der Waals surface area contributed by atoms with Crippen LogP contribution < -0.4 is 5.32 Å². The van der Waals surface area contributed by atoms with Crippen molar-refractivity contribution in [3.63, 3.8) is 0 Å². The minimum atomic E-state index is -0.926. The Morgan fingerprint density at radius 2 is 1.82 bits per heavy atom. The van der Waals surface area contributed by atoms with E-state index in [1.54, 1.807) is 0 Å². The van der Waals surface area contributed by atoms with E-state index in [2.05, 4.69) is 34.7 Å². The van der Waals surface area contributed by atoms with Gasteiger partial charge in [0.25, 0.3) is 0 Å². The molecule has 2 heterocycles. The molecule has 3 aliphatic rings. The number of amides is 2. The normalized spacial score (nSPS) is 25.1. The number of esters is 1. The highest BCUT2D eigenvalue weighted by atomic mass is 16.6. The molecule has 1 fully saturated rings. The van der Waals surface area contributed by atoms with Gasteiger partial charge in [-0.2, -0.15) is 0 Å². The van der Waals surface area contributed by atoms with E-state index in [0.29, 0.717) is 18.6 Å². The molecular formula is C31H35N3O6. The number of nitrogens with zero attached hydrogens (tertiary/aromatic N) is 2. The average Bonchev–Trinajstić information content (AvgIpc) is 3.49. The fourth-order valence-corrected chi connectivity index (χ4v) is 5.43. The third-order valence-corrected chi connectivity index (χ3v) is 7.52. The van der Waals surface area contributed by atoms with E-state index in [0.717, 1.165) is 27.8 Å². The molecule has 2 amide bonds. The second-order valence-corrected chi connectivity index (χ2v) is 11.4. The molecule has 1 saturated heterocycles. The standard InChI is InChI=1S/C31H35N3O6/c1-31(2,3)27-28(35)34-18-20(17-25(34)29(36)38-4)40-33-26-23-12-8-7-11-21(23)22-14-13-19(16-24(22)26)10-6-5-9-15-39-30(37)32-27/h6-8,10-14,16,20,25,27H,5,9,15,17-18H2,1-4H3,(H,32,37)/b10-6+,33-26-/t20-,25+,27-/m1/s1. The predicted octanol–water partition coefficient (Wildman–Crippen LogP) is 4.53. The van der Waals surface area contributed by atoms with Gasteiger partial charge in [-0.15, -0.1) is 0 Å². The van der Waals surface area contributed by atoms with E-state index in [1.165, 1.54) is 12.0 Å². The summed E-state index contributed by atoms with van der Waals surface area (Å²) < 4.78 is 10.4. The molecule has 4 bridgehead atoms. The molecule has 3 atom stereocenters. The smallest absolute Gasteiger partial charge is 0.407 e. The lowest BCUT2D eigenvalue weighted by atomic mass is 9.85. The van der Waals surface area contributed by atoms with Crippen molar-refractivity contribution in [2.24, 2.45) is 10.6 Å². The van der Waals surface area contributed by atoms with Crippen molar-refractivity contribution < 1.29 is 28.7 Å². The Kier molecular flexibility index (Phi) is 7.65. The van der Waals surface area contributed by atoms with E-state index < -0.39 is 41.6 Å². The van der Waals surface area contributed by atoms with E-state index in [-0.39, 0.29) is 19.6 Å². The number of hydrogen-bond donors (Lipinski definition) is 1. The summed E-state index contributed by atoms with van der Waals surface area (Å²) in [6.45, 7) is 5.88. The molecule has 0 radical (unpaired) electrons. The first-order chi connectivity index (χ1) is 19.2. The lowest BCUT2D eigenvalue weighted by Crippen LogP contribution is -2.57. The van der Waals surface area contributed by atoms with Crippen molar-refractivity contribution in [1.29, 1.82) is 0 Å². The summed E-state index contributed by atoms with van der Waals surface area (Å²) in [5.41, 5.74) is 5.16. The average molecular weight is 546 g/mol. The van der Waals surface area contributed by atoms with E-state index >= 15 is 0 Å². The molecule has 2 aromatic rings. The molecular weight excluding hydrogens is 510 g/mol. The van der Waals surface area contributed by atoms with Crippen LogP contribution in [0.3, 0.4) is 0 Å². The zero-order valence-corrected chi connectivity index (χ0v) is 23.3. The Bertz CT molecular complexity index is 1380. The number of alkyl carbamates (subject to hydrolysis) is 1. The number of fused-ring (bicyclic) bond motifs is 6. The number of carbonyl (C=O) groups is 3. The quantitative estimate of drug-likeness (QED) is 0.451. The number of carbonyl (C=O) groups excluding carboxylic acids is 3. The fourth-order valence-electron chi connectivity index (χ4n) is 5.43. The van der Waals surface area contributed by atoms with Crippen molar-refractivity contribution in [2.45, 2.75) is 58.2 Å². The van der Waals surface area contributed by atoms with Gasteiger partial charge in [0.15, 0.2) is 0 Å². The van der Waals surface area contributed by atoms with Crippen LogP contribution in [0, 0.1) is 5.41 Å². The molecule has 0 aromatic heterocycles. The van der Waals surface area contributed by atoms with Gasteiger partial charge in [-0.3, -0.25) is 4.79 Å². The molecule has 1 N–H and O–H groups in total. The summed E-state index contributed by atoms with van der Waals surface area (Å²) >= 11 is 0. The Morgan fingerprint density at radius 1 is 1.07 bits per heavy atom. The van der Waals surface area contributed by atoms with Gasteiger partial charge in [-0.05, 0) is 41.0 Å². The van der Waals surface area contributed by atoms with Gasteiger partial charge in [-0.25, -0.2) is 9.59 Å². The van der Waals surface area contributed by atoms with Crippen LogP contribution in [0.25, 0.3) is 17.2 Å². The molecule has 40 heavy (non-hydrogen) atoms. The Hall–Kier alpha value is -4.14. The van der Waals surface area contributed by atoms with Gasteiger partial charge < -0.3 is 24.5 Å². The molecule has 0 spiro atoms. The third kappa shape index (κ3) is 5.46. The first kappa shape index (κ1) is 27.4. The SMILES string of the molecule is COC(=O)[C@@H]1C[C@@H]2CN1C(=O)[C@H](C(C)(C)C)NC(=O)OCCC/C=C/c1ccc3c(c1)/C(=N\O2)c1ccccc1-3. The second-order valence-electron chi connectivity index (χ2n) is 11.4. The Balaban J connectivity index is 1.53. The van der Waals surface area contributed by atoms with Crippen LogP contribution in [0.1, 0.15) is 56.7 Å². The molecule has 2 aromatic carbocycles. The van der Waals surface area contributed by atoms with Crippen LogP contribution in [-0.2, 0) is 23.9 Å². The van der Waals surface area contributed by atoms with Crippen LogP contribution >= 0.6 is 0 Å². The van der Waals surface area contributed by atoms with Crippen molar-refractivity contribution in [1.82, 2.24) is 10.2 Å². The monoisotopic (exact) mass is 545 g/mol. The van der Waals surface area contributed by atoms with E-state index in [1.807, 2.05) is 51.1 Å². The number of nitrogens with one attached hydrogen (secondary N) is 1. The van der Waals surface area contributed by atoms with Crippen molar-refractivity contribution in [3.05, 3.63) is 65.2 Å². The molecule has 0 saturated carbocycles. The predicted molar refractivity (Wildman–Crippen MR) is 151 cm³/mol. The zero-order chi connectivity index (χ0) is 28.4. The number of rotatable bonds is 1. The lowest BCUT2D eigenvalue weighted by Gasteiger charge is -2.34. The molecule has 0 unspecified atom stereocenters. The summed E-state index contributed by atoms with van der Waals surface area (Å²) in [5.74, 6) is -0.946. The summed E-state index contributed by atoms with van der Waals surface area (Å²) in [6, 6.07) is 12.5. The summed E-state index contributed by atoms with van der Waals surface area (Å²) in [5, 5.41) is 7.33. The van der Waals surface area contributed by atoms with Crippen molar-refractivity contribution in [3.8, 4) is 11.1 Å². The van der Waals surface area contributed by atoms with Crippen molar-refractivity contribution in [2.75, 3.05) is 20.3 Å². The molecule has 9 heteroatoms. The number of ether oxygens (including phenoxy) is 2. The highest BCUT2D eigenvalue weighted by Gasteiger charge is 2.46. The maximum absolute atomic E-state index is 13.8. The number of allylic oxidation sites excluding steroid dienone is 1. The van der Waals surface area contributed by atoms with Gasteiger partial charge in [0.2, 0.25) is 5.91 Å². The first-order valence-electron chi connectivity index (χ1n) is 13.6. The van der Waals surface area contributed by atoms with Gasteiger partial charge in [-0.1, -0.05) is 74.5 Å². The molecule has 2 aliphatic heterocycles. The van der Waals surface area contributed by atoms with E-state index in [4.69, 9.17) is 14.3 Å². The Labute approximate surface area is 234 Å². The molecule has 1 aliphatic carbocycles. The highest BCUT2D eigenvalue weighted by Crippen LogP contribution is 2.38. The zero-order valence-electron chi connectivity index (χ0n) is 23.3. The minimum absolute atomic E-state index is 0.121. The largest absolute Gasteiger partial charge is 0.467 e. The second kappa shape index (κ2) is 11.2. The lowest BCUT2D eigenvalue weighted by molar-refractivity contribution is -0.152. The van der Waals surface area contributed by atoms with Crippen LogP contribution in [-0.4, -0.2) is 67.0 Å². The summed E-state index contributed by atoms with van der Waals surface area (Å²) in [4.78, 5) is 46.7. The minimum Gasteiger partial charge on any atom is -0.467 e. The third-order valence-electron chi connectivity index (χ3n) is 7.52. The van der Waals surface area contributed by atoms with Crippen LogP contribution in [0.5, 0.6) is 0 Å². The van der Waals surface area contributed by atoms with Crippen LogP contribution in [0.4, 0.5) is 4.79 Å². The van der Waals surface area contributed by atoms with Crippen molar-refractivity contribution >= 4 is 29.8 Å². The highest BCUT2D eigenvalue weighted by molar-refractivity contribution is 6.24. The maximum Gasteiger partial charge on any atom is 0.407 e.